The number of aryl methyl sites for hydroxylation is 2. The molecule has 0 aliphatic rings. The van der Waals surface area contributed by atoms with Crippen LogP contribution in [0.2, 0.25) is 0 Å². The van der Waals surface area contributed by atoms with E-state index in [0.717, 1.165) is 32.7 Å². The monoisotopic (exact) mass is 317 g/mol. The number of rotatable bonds is 4. The van der Waals surface area contributed by atoms with Gasteiger partial charge in [-0.2, -0.15) is 4.68 Å². The minimum Gasteiger partial charge on any atom is -0.325 e. The van der Waals surface area contributed by atoms with Crippen molar-refractivity contribution < 1.29 is 4.39 Å². The quantitative estimate of drug-likeness (QED) is 0.803. The second-order valence-electron chi connectivity index (χ2n) is 5.04. The molecule has 0 aliphatic heterocycles. The molecule has 7 heteroatoms. The molecule has 3 aromatic rings. The molecular formula is C15H16FN5S. The lowest BCUT2D eigenvalue weighted by Gasteiger charge is -2.05. The first-order valence-corrected chi connectivity index (χ1v) is 7.72. The van der Waals surface area contributed by atoms with Crippen molar-refractivity contribution in [1.29, 1.82) is 0 Å². The van der Waals surface area contributed by atoms with Crippen LogP contribution in [0.1, 0.15) is 27.5 Å². The first kappa shape index (κ1) is 14.8. The topological polar surface area (TPSA) is 69.6 Å². The maximum Gasteiger partial charge on any atom is 0.212 e. The predicted molar refractivity (Wildman–Crippen MR) is 83.6 cm³/mol. The van der Waals surface area contributed by atoms with Crippen LogP contribution in [0.15, 0.2) is 24.3 Å². The number of hydrogen-bond acceptors (Lipinski definition) is 5. The summed E-state index contributed by atoms with van der Waals surface area (Å²) in [4.78, 5) is 5.67. The fourth-order valence-electron chi connectivity index (χ4n) is 2.16. The summed E-state index contributed by atoms with van der Waals surface area (Å²) < 4.78 is 14.8. The van der Waals surface area contributed by atoms with Crippen LogP contribution in [0, 0.1) is 19.7 Å². The number of hydrogen-bond donors (Lipinski definition) is 1. The lowest BCUT2D eigenvalue weighted by Crippen LogP contribution is -2.07. The number of benzene rings is 1. The maximum atomic E-state index is 13.0. The summed E-state index contributed by atoms with van der Waals surface area (Å²) in [7, 11) is 0. The average molecular weight is 317 g/mol. The molecule has 0 saturated heterocycles. The van der Waals surface area contributed by atoms with E-state index in [9.17, 15) is 4.39 Å². The van der Waals surface area contributed by atoms with E-state index < -0.39 is 0 Å². The van der Waals surface area contributed by atoms with Crippen molar-refractivity contribution in [3.63, 3.8) is 0 Å². The van der Waals surface area contributed by atoms with Crippen molar-refractivity contribution in [2.24, 2.45) is 5.73 Å². The van der Waals surface area contributed by atoms with Crippen molar-refractivity contribution in [2.45, 2.75) is 26.8 Å². The lowest BCUT2D eigenvalue weighted by atomic mass is 10.1. The zero-order chi connectivity index (χ0) is 15.7. The molecule has 0 bridgehead atoms. The third-order valence-electron chi connectivity index (χ3n) is 3.52. The number of halogens is 1. The Hall–Kier alpha value is -2.12. The molecule has 114 valence electrons. The van der Waals surface area contributed by atoms with Gasteiger partial charge in [-0.1, -0.05) is 28.7 Å². The Morgan fingerprint density at radius 1 is 1.23 bits per heavy atom. The third-order valence-corrected chi connectivity index (χ3v) is 4.57. The summed E-state index contributed by atoms with van der Waals surface area (Å²) in [6, 6.07) is 6.41. The van der Waals surface area contributed by atoms with Crippen LogP contribution >= 0.6 is 11.3 Å². The molecule has 0 aliphatic carbocycles. The molecule has 2 heterocycles. The van der Waals surface area contributed by atoms with Crippen LogP contribution in [-0.2, 0) is 13.0 Å². The Bertz CT molecular complexity index is 771. The van der Waals surface area contributed by atoms with Gasteiger partial charge in [0.05, 0.1) is 11.4 Å². The normalized spacial score (nSPS) is 11.1. The Labute approximate surface area is 131 Å². The number of aromatic nitrogens is 4. The standard InChI is InChI=1S/C15H16FN5S/c1-9-10(2)22-15(18-9)21-14(13(8-17)19-20-21)7-11-3-5-12(16)6-4-11/h3-6H,7-8,17H2,1-2H3. The number of thiazole rings is 1. The zero-order valence-electron chi connectivity index (χ0n) is 12.4. The van der Waals surface area contributed by atoms with E-state index in [1.807, 2.05) is 13.8 Å². The highest BCUT2D eigenvalue weighted by Crippen LogP contribution is 2.23. The van der Waals surface area contributed by atoms with Crippen LogP contribution in [0.3, 0.4) is 0 Å². The molecule has 22 heavy (non-hydrogen) atoms. The van der Waals surface area contributed by atoms with E-state index in [-0.39, 0.29) is 5.82 Å². The van der Waals surface area contributed by atoms with Crippen LogP contribution < -0.4 is 5.73 Å². The van der Waals surface area contributed by atoms with Gasteiger partial charge in [-0.15, -0.1) is 5.10 Å². The van der Waals surface area contributed by atoms with Crippen LogP contribution in [0.5, 0.6) is 0 Å². The first-order chi connectivity index (χ1) is 10.6. The second kappa shape index (κ2) is 5.94. The molecule has 0 atom stereocenters. The summed E-state index contributed by atoms with van der Waals surface area (Å²) in [5.74, 6) is -0.249. The largest absolute Gasteiger partial charge is 0.325 e. The van der Waals surface area contributed by atoms with Crippen molar-refractivity contribution in [1.82, 2.24) is 20.0 Å². The van der Waals surface area contributed by atoms with E-state index in [1.54, 1.807) is 28.2 Å². The number of nitrogens with two attached hydrogens (primary N) is 1. The van der Waals surface area contributed by atoms with Crippen LogP contribution in [-0.4, -0.2) is 20.0 Å². The molecule has 0 amide bonds. The molecule has 2 N–H and O–H groups in total. The Kier molecular flexibility index (Phi) is 4.00. The molecule has 3 rings (SSSR count). The van der Waals surface area contributed by atoms with E-state index in [4.69, 9.17) is 5.73 Å². The SMILES string of the molecule is Cc1nc(-n2nnc(CN)c2Cc2ccc(F)cc2)sc1C. The Morgan fingerprint density at radius 2 is 1.95 bits per heavy atom. The van der Waals surface area contributed by atoms with E-state index in [2.05, 4.69) is 15.3 Å². The molecule has 0 fully saturated rings. The second-order valence-corrected chi connectivity index (χ2v) is 6.22. The van der Waals surface area contributed by atoms with E-state index in [1.165, 1.54) is 12.1 Å². The van der Waals surface area contributed by atoms with E-state index in [0.29, 0.717) is 13.0 Å². The smallest absolute Gasteiger partial charge is 0.212 e. The van der Waals surface area contributed by atoms with Gasteiger partial charge in [-0.25, -0.2) is 9.37 Å². The summed E-state index contributed by atoms with van der Waals surface area (Å²) in [5, 5.41) is 9.11. The minimum absolute atomic E-state index is 0.249. The van der Waals surface area contributed by atoms with Crippen molar-refractivity contribution in [3.05, 3.63) is 57.6 Å². The number of nitrogens with zero attached hydrogens (tertiary/aromatic N) is 4. The van der Waals surface area contributed by atoms with Gasteiger partial charge in [-0.3, -0.25) is 0 Å². The fraction of sp³-hybridized carbons (Fsp3) is 0.267. The van der Waals surface area contributed by atoms with E-state index >= 15 is 0 Å². The summed E-state index contributed by atoms with van der Waals surface area (Å²) >= 11 is 1.57. The molecular weight excluding hydrogens is 301 g/mol. The van der Waals surface area contributed by atoms with Crippen LogP contribution in [0.25, 0.3) is 5.13 Å². The van der Waals surface area contributed by atoms with Gasteiger partial charge in [0.2, 0.25) is 5.13 Å². The highest BCUT2D eigenvalue weighted by molar-refractivity contribution is 7.14. The summed E-state index contributed by atoms with van der Waals surface area (Å²) in [6.07, 6.45) is 0.581. The van der Waals surface area contributed by atoms with Gasteiger partial charge in [0, 0.05) is 17.8 Å². The lowest BCUT2D eigenvalue weighted by molar-refractivity contribution is 0.627. The zero-order valence-corrected chi connectivity index (χ0v) is 13.2. The van der Waals surface area contributed by atoms with Crippen molar-refractivity contribution in [3.8, 4) is 5.13 Å². The van der Waals surface area contributed by atoms with Gasteiger partial charge >= 0.3 is 0 Å². The molecule has 0 spiro atoms. The fourth-order valence-corrected chi connectivity index (χ4v) is 3.05. The third kappa shape index (κ3) is 2.77. The molecule has 1 aromatic carbocycles. The summed E-state index contributed by atoms with van der Waals surface area (Å²) in [6.45, 7) is 4.30. The predicted octanol–water partition coefficient (Wildman–Crippen LogP) is 2.53. The van der Waals surface area contributed by atoms with Crippen molar-refractivity contribution in [2.75, 3.05) is 0 Å². The minimum atomic E-state index is -0.249. The Balaban J connectivity index is 2.01. The molecule has 2 aromatic heterocycles. The molecule has 5 nitrogen and oxygen atoms in total. The maximum absolute atomic E-state index is 13.0. The average Bonchev–Trinajstić information content (AvgIpc) is 3.05. The van der Waals surface area contributed by atoms with Crippen LogP contribution in [0.4, 0.5) is 4.39 Å². The van der Waals surface area contributed by atoms with Crippen molar-refractivity contribution >= 4 is 11.3 Å². The van der Waals surface area contributed by atoms with Gasteiger partial charge in [0.1, 0.15) is 11.5 Å². The first-order valence-electron chi connectivity index (χ1n) is 6.91. The van der Waals surface area contributed by atoms with Gasteiger partial charge in [-0.05, 0) is 31.5 Å². The molecule has 0 unspecified atom stereocenters. The van der Waals surface area contributed by atoms with Gasteiger partial charge in [0.15, 0.2) is 0 Å². The molecule has 0 radical (unpaired) electrons. The highest BCUT2D eigenvalue weighted by Gasteiger charge is 2.17. The van der Waals surface area contributed by atoms with Gasteiger partial charge < -0.3 is 5.73 Å². The molecule has 0 saturated carbocycles. The van der Waals surface area contributed by atoms with Gasteiger partial charge in [0.25, 0.3) is 0 Å². The summed E-state index contributed by atoms with van der Waals surface area (Å²) in [5.41, 5.74) is 9.35. The highest BCUT2D eigenvalue weighted by atomic mass is 32.1. The Morgan fingerprint density at radius 3 is 2.55 bits per heavy atom.